The Labute approximate surface area is 212 Å². The number of unbranched alkanes of at least 4 members (excludes halogenated alkanes) is 1. The summed E-state index contributed by atoms with van der Waals surface area (Å²) in [7, 11) is -8.71. The van der Waals surface area contributed by atoms with Crippen LogP contribution in [-0.4, -0.2) is 25.9 Å². The number of hydrogen-bond acceptors (Lipinski definition) is 4. The predicted molar refractivity (Wildman–Crippen MR) is 143 cm³/mol. The van der Waals surface area contributed by atoms with Crippen LogP contribution in [0.4, 0.5) is 0 Å². The lowest BCUT2D eigenvalue weighted by Gasteiger charge is -2.19. The Morgan fingerprint density at radius 1 is 0.667 bits per heavy atom. The van der Waals surface area contributed by atoms with E-state index >= 15 is 0 Å². The maximum Gasteiger partial charge on any atom is 0.294 e. The lowest BCUT2D eigenvalue weighted by molar-refractivity contribution is 0.481. The summed E-state index contributed by atoms with van der Waals surface area (Å²) in [5.41, 5.74) is 5.11. The molecular weight excluding hydrogens is 496 g/mol. The van der Waals surface area contributed by atoms with Gasteiger partial charge in [-0.15, -0.1) is 0 Å². The van der Waals surface area contributed by atoms with Gasteiger partial charge in [-0.05, 0) is 106 Å². The van der Waals surface area contributed by atoms with Crippen LogP contribution in [0.15, 0.2) is 64.4 Å². The molecule has 36 heavy (non-hydrogen) atoms. The van der Waals surface area contributed by atoms with E-state index in [1.54, 1.807) is 12.1 Å². The van der Waals surface area contributed by atoms with E-state index in [4.69, 9.17) is 0 Å². The minimum absolute atomic E-state index is 0.143. The zero-order valence-electron chi connectivity index (χ0n) is 20.6. The summed E-state index contributed by atoms with van der Waals surface area (Å²) in [6, 6.07) is 15.4. The van der Waals surface area contributed by atoms with Crippen LogP contribution in [0.3, 0.4) is 0 Å². The van der Waals surface area contributed by atoms with Gasteiger partial charge >= 0.3 is 0 Å². The lowest BCUT2D eigenvalue weighted by atomic mass is 9.86. The second kappa shape index (κ2) is 9.94. The number of fused-ring (bicyclic) bond motifs is 2. The Hall–Kier alpha value is -2.78. The first-order valence-electron chi connectivity index (χ1n) is 12.0. The zero-order chi connectivity index (χ0) is 26.3. The van der Waals surface area contributed by atoms with Gasteiger partial charge in [0.2, 0.25) is 0 Å². The molecule has 0 atom stereocenters. The first-order valence-corrected chi connectivity index (χ1v) is 14.9. The van der Waals surface area contributed by atoms with Crippen molar-refractivity contribution in [3.63, 3.8) is 0 Å². The van der Waals surface area contributed by atoms with E-state index in [1.165, 1.54) is 29.8 Å². The molecule has 0 bridgehead atoms. The Kier molecular flexibility index (Phi) is 7.26. The fourth-order valence-electron chi connectivity index (χ4n) is 4.90. The average Bonchev–Trinajstić information content (AvgIpc) is 2.83. The van der Waals surface area contributed by atoms with Crippen LogP contribution in [0.2, 0.25) is 0 Å². The molecule has 0 saturated heterocycles. The molecule has 0 aliphatic heterocycles. The van der Waals surface area contributed by atoms with E-state index in [-0.39, 0.29) is 9.79 Å². The first kappa shape index (κ1) is 26.3. The maximum atomic E-state index is 11.8. The molecule has 0 aliphatic rings. The molecule has 0 spiro atoms. The highest BCUT2D eigenvalue weighted by molar-refractivity contribution is 7.86. The molecular formula is C28H30O6S2. The smallest absolute Gasteiger partial charge is 0.282 e. The normalized spacial score (nSPS) is 12.5. The Morgan fingerprint density at radius 2 is 1.25 bits per heavy atom. The van der Waals surface area contributed by atoms with Crippen molar-refractivity contribution in [1.29, 1.82) is 0 Å². The van der Waals surface area contributed by atoms with Crippen molar-refractivity contribution in [2.24, 2.45) is 0 Å². The Balaban J connectivity index is 2.00. The molecule has 0 saturated carbocycles. The van der Waals surface area contributed by atoms with E-state index in [0.29, 0.717) is 12.8 Å². The number of benzene rings is 4. The van der Waals surface area contributed by atoms with Gasteiger partial charge < -0.3 is 0 Å². The topological polar surface area (TPSA) is 109 Å². The molecule has 4 rings (SSSR count). The summed E-state index contributed by atoms with van der Waals surface area (Å²) in [6.07, 6.45) is 4.07. The highest BCUT2D eigenvalue weighted by Gasteiger charge is 2.18. The van der Waals surface area contributed by atoms with Gasteiger partial charge in [-0.3, -0.25) is 9.11 Å². The van der Waals surface area contributed by atoms with Crippen molar-refractivity contribution >= 4 is 41.8 Å². The molecule has 2 N–H and O–H groups in total. The monoisotopic (exact) mass is 526 g/mol. The largest absolute Gasteiger partial charge is 0.294 e. The van der Waals surface area contributed by atoms with Gasteiger partial charge in [-0.1, -0.05) is 50.6 Å². The molecule has 4 aromatic carbocycles. The van der Waals surface area contributed by atoms with Crippen LogP contribution >= 0.6 is 0 Å². The third-order valence-corrected chi connectivity index (χ3v) is 8.54. The molecule has 8 heteroatoms. The Morgan fingerprint density at radius 3 is 1.81 bits per heavy atom. The molecule has 190 valence electrons. The molecule has 0 amide bonds. The first-order chi connectivity index (χ1) is 16.9. The summed E-state index contributed by atoms with van der Waals surface area (Å²) >= 11 is 0. The second-order valence-corrected chi connectivity index (χ2v) is 12.1. The SMILES string of the molecule is CCCCc1cc(CC)c2cc(S(=O)(=O)O)ccc2c1Cc1ccc(C)c2ccc(S(=O)(=O)O)cc12. The second-order valence-electron chi connectivity index (χ2n) is 9.21. The van der Waals surface area contributed by atoms with Gasteiger partial charge in [0.15, 0.2) is 0 Å². The van der Waals surface area contributed by atoms with Crippen LogP contribution in [0.5, 0.6) is 0 Å². The summed E-state index contributed by atoms with van der Waals surface area (Å²) in [5.74, 6) is 0. The summed E-state index contributed by atoms with van der Waals surface area (Å²) in [5, 5.41) is 3.33. The van der Waals surface area contributed by atoms with Crippen molar-refractivity contribution in [2.45, 2.75) is 62.7 Å². The molecule has 0 fully saturated rings. The minimum Gasteiger partial charge on any atom is -0.282 e. The van der Waals surface area contributed by atoms with Crippen LogP contribution in [0.25, 0.3) is 21.5 Å². The van der Waals surface area contributed by atoms with Crippen LogP contribution in [0.1, 0.15) is 54.5 Å². The highest BCUT2D eigenvalue weighted by atomic mass is 32.2. The summed E-state index contributed by atoms with van der Waals surface area (Å²) < 4.78 is 66.6. The molecule has 0 aliphatic carbocycles. The Bertz CT molecular complexity index is 1690. The van der Waals surface area contributed by atoms with Crippen molar-refractivity contribution in [2.75, 3.05) is 0 Å². The molecule has 0 aromatic heterocycles. The van der Waals surface area contributed by atoms with Gasteiger partial charge in [-0.2, -0.15) is 16.8 Å². The molecule has 0 unspecified atom stereocenters. The lowest BCUT2D eigenvalue weighted by Crippen LogP contribution is -2.04. The fourth-order valence-corrected chi connectivity index (χ4v) is 5.91. The number of aryl methyl sites for hydroxylation is 3. The zero-order valence-corrected chi connectivity index (χ0v) is 22.2. The third kappa shape index (κ3) is 5.18. The van der Waals surface area contributed by atoms with E-state index in [1.807, 2.05) is 26.0 Å². The molecule has 6 nitrogen and oxygen atoms in total. The van der Waals surface area contributed by atoms with Crippen LogP contribution in [0, 0.1) is 6.92 Å². The van der Waals surface area contributed by atoms with Crippen molar-refractivity contribution in [3.8, 4) is 0 Å². The van der Waals surface area contributed by atoms with Crippen LogP contribution in [-0.2, 0) is 39.5 Å². The van der Waals surface area contributed by atoms with Gasteiger partial charge in [0.25, 0.3) is 20.2 Å². The molecule has 0 heterocycles. The predicted octanol–water partition coefficient (Wildman–Crippen LogP) is 6.29. The van der Waals surface area contributed by atoms with E-state index < -0.39 is 20.2 Å². The van der Waals surface area contributed by atoms with Gasteiger partial charge in [0.05, 0.1) is 9.79 Å². The van der Waals surface area contributed by atoms with Crippen molar-refractivity contribution in [3.05, 3.63) is 82.4 Å². The highest BCUT2D eigenvalue weighted by Crippen LogP contribution is 2.34. The fraction of sp³-hybridized carbons (Fsp3) is 0.286. The quantitative estimate of drug-likeness (QED) is 0.261. The van der Waals surface area contributed by atoms with Gasteiger partial charge in [0, 0.05) is 0 Å². The van der Waals surface area contributed by atoms with Gasteiger partial charge in [-0.25, -0.2) is 0 Å². The molecule has 0 radical (unpaired) electrons. The minimum atomic E-state index is -4.36. The molecule has 4 aromatic rings. The van der Waals surface area contributed by atoms with Gasteiger partial charge in [0.1, 0.15) is 0 Å². The van der Waals surface area contributed by atoms with E-state index in [9.17, 15) is 25.9 Å². The van der Waals surface area contributed by atoms with Crippen LogP contribution < -0.4 is 0 Å². The van der Waals surface area contributed by atoms with Crippen molar-refractivity contribution < 1.29 is 25.9 Å². The van der Waals surface area contributed by atoms with E-state index in [2.05, 4.69) is 13.0 Å². The van der Waals surface area contributed by atoms with E-state index in [0.717, 1.165) is 63.1 Å². The number of hydrogen-bond donors (Lipinski definition) is 2. The average molecular weight is 527 g/mol. The third-order valence-electron chi connectivity index (χ3n) is 6.84. The van der Waals surface area contributed by atoms with Crippen molar-refractivity contribution in [1.82, 2.24) is 0 Å². The number of rotatable bonds is 8. The standard InChI is InChI=1S/C28H30O6S2/c1-4-6-7-20-14-19(5-2)27-16-23(36(32,33)34)11-13-25(27)26(20)15-21-9-8-18(3)24-12-10-22(17-28(21)24)35(29,30)31/h8-14,16-17H,4-7,15H2,1-3H3,(H,29,30,31)(H,32,33,34). The maximum absolute atomic E-state index is 11.8. The summed E-state index contributed by atoms with van der Waals surface area (Å²) in [4.78, 5) is -0.299. The summed E-state index contributed by atoms with van der Waals surface area (Å²) in [6.45, 7) is 6.10.